The van der Waals surface area contributed by atoms with Crippen molar-refractivity contribution < 1.29 is 9.31 Å². The van der Waals surface area contributed by atoms with Crippen LogP contribution in [0.2, 0.25) is 0 Å². The molecular formula is C13H17BN2O2. The first-order chi connectivity index (χ1) is 8.39. The van der Waals surface area contributed by atoms with Crippen LogP contribution < -0.4 is 5.59 Å². The van der Waals surface area contributed by atoms with Gasteiger partial charge in [0.05, 0.1) is 28.5 Å². The maximum atomic E-state index is 5.98. The van der Waals surface area contributed by atoms with Crippen molar-refractivity contribution in [2.24, 2.45) is 0 Å². The minimum absolute atomic E-state index is 0.327. The third-order valence-electron chi connectivity index (χ3n) is 3.95. The molecular weight excluding hydrogens is 227 g/mol. The molecule has 18 heavy (non-hydrogen) atoms. The van der Waals surface area contributed by atoms with Crippen LogP contribution >= 0.6 is 0 Å². The van der Waals surface area contributed by atoms with Crippen LogP contribution in [0.1, 0.15) is 27.7 Å². The van der Waals surface area contributed by atoms with Gasteiger partial charge in [-0.1, -0.05) is 0 Å². The Balaban J connectivity index is 1.96. The molecule has 5 heteroatoms. The third kappa shape index (κ3) is 1.66. The van der Waals surface area contributed by atoms with Crippen molar-refractivity contribution in [2.75, 3.05) is 0 Å². The summed E-state index contributed by atoms with van der Waals surface area (Å²) in [5.41, 5.74) is 1.19. The first-order valence-electron chi connectivity index (χ1n) is 6.18. The molecule has 1 fully saturated rings. The summed E-state index contributed by atoms with van der Waals surface area (Å²) in [5.74, 6) is 0. The SMILES string of the molecule is CC1(C)OB(c2cc3cc[nH]c3cn2)OC1(C)C. The highest BCUT2D eigenvalue weighted by Crippen LogP contribution is 2.36. The fourth-order valence-electron chi connectivity index (χ4n) is 2.06. The zero-order chi connectivity index (χ0) is 13.0. The first kappa shape index (κ1) is 11.7. The van der Waals surface area contributed by atoms with Crippen LogP contribution in [0.15, 0.2) is 24.5 Å². The molecule has 3 heterocycles. The second kappa shape index (κ2) is 3.59. The lowest BCUT2D eigenvalue weighted by Crippen LogP contribution is -2.41. The Hall–Kier alpha value is -1.33. The summed E-state index contributed by atoms with van der Waals surface area (Å²) < 4.78 is 12.0. The summed E-state index contributed by atoms with van der Waals surface area (Å²) in [6.07, 6.45) is 3.72. The number of hydrogen-bond donors (Lipinski definition) is 1. The summed E-state index contributed by atoms with van der Waals surface area (Å²) in [6, 6.07) is 4.03. The third-order valence-corrected chi connectivity index (χ3v) is 3.95. The van der Waals surface area contributed by atoms with Gasteiger partial charge in [-0.15, -0.1) is 0 Å². The van der Waals surface area contributed by atoms with E-state index in [0.717, 1.165) is 16.5 Å². The van der Waals surface area contributed by atoms with E-state index in [1.807, 2.05) is 52.2 Å². The molecule has 0 amide bonds. The standard InChI is InChI=1S/C13H17BN2O2/c1-12(2)13(3,4)18-14(17-12)11-7-9-5-6-15-10(9)8-16-11/h5-8,15H,1-4H3. The van der Waals surface area contributed by atoms with Gasteiger partial charge in [0.15, 0.2) is 0 Å². The maximum absolute atomic E-state index is 5.98. The fourth-order valence-corrected chi connectivity index (χ4v) is 2.06. The van der Waals surface area contributed by atoms with Crippen LogP contribution in [-0.4, -0.2) is 28.3 Å². The van der Waals surface area contributed by atoms with Crippen molar-refractivity contribution in [2.45, 2.75) is 38.9 Å². The van der Waals surface area contributed by atoms with Crippen molar-refractivity contribution in [1.82, 2.24) is 9.97 Å². The Kier molecular flexibility index (Phi) is 2.34. The number of pyridine rings is 1. The van der Waals surface area contributed by atoms with E-state index in [1.165, 1.54) is 0 Å². The smallest absolute Gasteiger partial charge is 0.398 e. The van der Waals surface area contributed by atoms with Crippen LogP contribution in [0.5, 0.6) is 0 Å². The molecule has 0 radical (unpaired) electrons. The lowest BCUT2D eigenvalue weighted by atomic mass is 9.84. The summed E-state index contributed by atoms with van der Waals surface area (Å²) >= 11 is 0. The second-order valence-corrected chi connectivity index (χ2v) is 5.76. The summed E-state index contributed by atoms with van der Waals surface area (Å²) in [5, 5.41) is 1.12. The average Bonchev–Trinajstić information content (AvgIpc) is 2.80. The monoisotopic (exact) mass is 244 g/mol. The predicted octanol–water partition coefficient (Wildman–Crippen LogP) is 1.86. The molecule has 94 valence electrons. The van der Waals surface area contributed by atoms with Gasteiger partial charge in [-0.3, -0.25) is 4.98 Å². The largest absolute Gasteiger partial charge is 0.514 e. The number of nitrogens with zero attached hydrogens (tertiary/aromatic N) is 1. The topological polar surface area (TPSA) is 47.1 Å². The molecule has 0 aromatic carbocycles. The van der Waals surface area contributed by atoms with E-state index < -0.39 is 7.12 Å². The highest BCUT2D eigenvalue weighted by Gasteiger charge is 2.52. The number of nitrogens with one attached hydrogen (secondary N) is 1. The van der Waals surface area contributed by atoms with Crippen molar-refractivity contribution >= 4 is 23.6 Å². The molecule has 1 aliphatic rings. The first-order valence-corrected chi connectivity index (χ1v) is 6.18. The number of rotatable bonds is 1. The molecule has 0 saturated carbocycles. The quantitative estimate of drug-likeness (QED) is 0.779. The minimum Gasteiger partial charge on any atom is -0.398 e. The highest BCUT2D eigenvalue weighted by molar-refractivity contribution is 6.61. The maximum Gasteiger partial charge on any atom is 0.514 e. The fraction of sp³-hybridized carbons (Fsp3) is 0.462. The Morgan fingerprint density at radius 2 is 1.83 bits per heavy atom. The zero-order valence-electron chi connectivity index (χ0n) is 11.2. The van der Waals surface area contributed by atoms with E-state index in [-0.39, 0.29) is 11.2 Å². The van der Waals surface area contributed by atoms with Gasteiger partial charge < -0.3 is 14.3 Å². The van der Waals surface area contributed by atoms with Crippen molar-refractivity contribution in [3.63, 3.8) is 0 Å². The Bertz CT molecular complexity index is 575. The van der Waals surface area contributed by atoms with Crippen molar-refractivity contribution in [3.05, 3.63) is 24.5 Å². The van der Waals surface area contributed by atoms with Crippen molar-refractivity contribution in [3.8, 4) is 0 Å². The number of fused-ring (bicyclic) bond motifs is 1. The molecule has 2 aromatic rings. The average molecular weight is 244 g/mol. The van der Waals surface area contributed by atoms with Gasteiger partial charge in [-0.25, -0.2) is 0 Å². The molecule has 0 unspecified atom stereocenters. The van der Waals surface area contributed by atoms with Gasteiger partial charge >= 0.3 is 7.12 Å². The van der Waals surface area contributed by atoms with E-state index >= 15 is 0 Å². The molecule has 1 saturated heterocycles. The summed E-state index contributed by atoms with van der Waals surface area (Å²) in [6.45, 7) is 8.17. The lowest BCUT2D eigenvalue weighted by Gasteiger charge is -2.32. The van der Waals surface area contributed by atoms with Crippen LogP contribution in [0.4, 0.5) is 0 Å². The molecule has 3 rings (SSSR count). The Labute approximate surface area is 107 Å². The van der Waals surface area contributed by atoms with Crippen LogP contribution in [0.3, 0.4) is 0 Å². The minimum atomic E-state index is -0.394. The van der Waals surface area contributed by atoms with Gasteiger partial charge in [0.25, 0.3) is 0 Å². The van der Waals surface area contributed by atoms with Crippen LogP contribution in [0, 0.1) is 0 Å². The molecule has 0 aliphatic carbocycles. The second-order valence-electron chi connectivity index (χ2n) is 5.76. The number of H-pyrrole nitrogens is 1. The molecule has 4 nitrogen and oxygen atoms in total. The molecule has 0 atom stereocenters. The van der Waals surface area contributed by atoms with Crippen molar-refractivity contribution in [1.29, 1.82) is 0 Å². The van der Waals surface area contributed by atoms with E-state index in [9.17, 15) is 0 Å². The van der Waals surface area contributed by atoms with E-state index in [0.29, 0.717) is 0 Å². The van der Waals surface area contributed by atoms with Crippen LogP contribution in [-0.2, 0) is 9.31 Å². The van der Waals surface area contributed by atoms with E-state index in [4.69, 9.17) is 9.31 Å². The van der Waals surface area contributed by atoms with Gasteiger partial charge in [0.2, 0.25) is 0 Å². The molecule has 2 aromatic heterocycles. The normalized spacial score (nSPS) is 21.7. The summed E-state index contributed by atoms with van der Waals surface area (Å²) in [7, 11) is -0.394. The molecule has 0 bridgehead atoms. The van der Waals surface area contributed by atoms with Gasteiger partial charge in [0, 0.05) is 11.6 Å². The molecule has 1 aliphatic heterocycles. The number of aromatic amines is 1. The number of aromatic nitrogens is 2. The highest BCUT2D eigenvalue weighted by atomic mass is 16.7. The van der Waals surface area contributed by atoms with Gasteiger partial charge in [-0.05, 0) is 39.8 Å². The predicted molar refractivity (Wildman–Crippen MR) is 71.8 cm³/mol. The lowest BCUT2D eigenvalue weighted by molar-refractivity contribution is 0.00578. The molecule has 1 N–H and O–H groups in total. The Morgan fingerprint density at radius 1 is 1.17 bits per heavy atom. The van der Waals surface area contributed by atoms with Gasteiger partial charge in [0.1, 0.15) is 0 Å². The molecule has 0 spiro atoms. The van der Waals surface area contributed by atoms with Crippen LogP contribution in [0.25, 0.3) is 10.9 Å². The summed E-state index contributed by atoms with van der Waals surface area (Å²) in [4.78, 5) is 7.54. The van der Waals surface area contributed by atoms with E-state index in [2.05, 4.69) is 9.97 Å². The number of hydrogen-bond acceptors (Lipinski definition) is 3. The Morgan fingerprint density at radius 3 is 2.50 bits per heavy atom. The van der Waals surface area contributed by atoms with E-state index in [1.54, 1.807) is 0 Å². The zero-order valence-corrected chi connectivity index (χ0v) is 11.2. The van der Waals surface area contributed by atoms with Gasteiger partial charge in [-0.2, -0.15) is 0 Å².